The molecule has 10 heteroatoms. The summed E-state index contributed by atoms with van der Waals surface area (Å²) in [6.45, 7) is 3.45. The van der Waals surface area contributed by atoms with Crippen LogP contribution in [-0.2, 0) is 11.0 Å². The number of rotatable bonds is 6. The first kappa shape index (κ1) is 23.3. The normalized spacial score (nSPS) is 31.0. The number of nitriles is 1. The van der Waals surface area contributed by atoms with Crippen molar-refractivity contribution in [2.45, 2.75) is 64.6 Å². The van der Waals surface area contributed by atoms with Gasteiger partial charge in [0.05, 0.1) is 17.8 Å². The number of alkyl halides is 3. The molecule has 4 fully saturated rings. The van der Waals surface area contributed by atoms with Gasteiger partial charge in [-0.1, -0.05) is 19.9 Å². The third-order valence-electron chi connectivity index (χ3n) is 7.60. The summed E-state index contributed by atoms with van der Waals surface area (Å²) in [6, 6.07) is 1.72. The molecule has 0 saturated heterocycles. The molecule has 4 aliphatic carbocycles. The maximum atomic E-state index is 13.9. The van der Waals surface area contributed by atoms with Crippen LogP contribution in [-0.4, -0.2) is 27.6 Å². The van der Waals surface area contributed by atoms with Crippen LogP contribution in [0.3, 0.4) is 0 Å². The maximum Gasteiger partial charge on any atom is 0.434 e. The van der Waals surface area contributed by atoms with E-state index in [0.29, 0.717) is 23.4 Å². The summed E-state index contributed by atoms with van der Waals surface area (Å²) >= 11 is 0. The minimum Gasteiger partial charge on any atom is -0.369 e. The van der Waals surface area contributed by atoms with Crippen molar-refractivity contribution in [3.05, 3.63) is 23.5 Å². The molecule has 7 nitrogen and oxygen atoms in total. The fourth-order valence-corrected chi connectivity index (χ4v) is 6.25. The first-order valence-electron chi connectivity index (χ1n) is 11.2. The van der Waals surface area contributed by atoms with Crippen LogP contribution in [0.4, 0.5) is 13.2 Å². The van der Waals surface area contributed by atoms with E-state index >= 15 is 0 Å². The van der Waals surface area contributed by atoms with E-state index < -0.39 is 34.2 Å². The molecule has 0 aliphatic heterocycles. The fourth-order valence-electron chi connectivity index (χ4n) is 6.25. The third-order valence-corrected chi connectivity index (χ3v) is 7.60. The molecule has 1 aromatic heterocycles. The molecule has 2 atom stereocenters. The zero-order valence-corrected chi connectivity index (χ0v) is 18.7. The molecule has 3 N–H and O–H groups in total. The summed E-state index contributed by atoms with van der Waals surface area (Å²) in [5.41, 5.74) is 2.81. The molecule has 2 unspecified atom stereocenters. The van der Waals surface area contributed by atoms with Crippen LogP contribution in [0, 0.1) is 39.9 Å². The van der Waals surface area contributed by atoms with Crippen molar-refractivity contribution < 1.29 is 22.8 Å². The fraction of sp³-hybridized carbons (Fsp3) is 0.652. The molecular formula is C23H28F3N5O2. The quantitative estimate of drug-likeness (QED) is 0.669. The second-order valence-corrected chi connectivity index (χ2v) is 10.6. The molecule has 178 valence electrons. The summed E-state index contributed by atoms with van der Waals surface area (Å²) in [7, 11) is 0. The Morgan fingerprint density at radius 1 is 1.30 bits per heavy atom. The van der Waals surface area contributed by atoms with E-state index in [4.69, 9.17) is 11.0 Å². The zero-order valence-electron chi connectivity index (χ0n) is 18.7. The van der Waals surface area contributed by atoms with Gasteiger partial charge < -0.3 is 11.1 Å². The Balaban J connectivity index is 1.57. The highest BCUT2D eigenvalue weighted by atomic mass is 19.4. The number of amides is 2. The van der Waals surface area contributed by atoms with Crippen LogP contribution >= 0.6 is 0 Å². The monoisotopic (exact) mass is 463 g/mol. The lowest BCUT2D eigenvalue weighted by molar-refractivity contribution is -0.145. The van der Waals surface area contributed by atoms with Crippen LogP contribution in [0.15, 0.2) is 12.3 Å². The number of allylic oxidation sites excluding steroid dienone is 1. The SMILES string of the molecule is CC(C)(C=Cn1ncc(C(=O)NC2C3CC4CC2CC(C(N)=O)(C4)C3)c1C(F)(F)F)CC#N. The van der Waals surface area contributed by atoms with E-state index in [0.717, 1.165) is 31.7 Å². The molecule has 0 radical (unpaired) electrons. The standard InChI is InChI=1S/C23H28F3N5O2/c1-21(2,3-5-27)4-6-31-18(23(24,25)26)16(12-29-31)19(32)30-17-14-7-13-8-15(17)11-22(9-13,10-14)20(28)33/h4,6,12-15,17H,3,7-11H2,1-2H3,(H2,28,33)(H,30,32). The highest BCUT2D eigenvalue weighted by Gasteiger charge is 2.58. The number of aromatic nitrogens is 2. The minimum atomic E-state index is -4.80. The highest BCUT2D eigenvalue weighted by Crippen LogP contribution is 2.60. The van der Waals surface area contributed by atoms with E-state index in [9.17, 15) is 22.8 Å². The minimum absolute atomic E-state index is 0.0313. The number of hydrogen-bond acceptors (Lipinski definition) is 4. The van der Waals surface area contributed by atoms with Gasteiger partial charge in [0.2, 0.25) is 5.91 Å². The highest BCUT2D eigenvalue weighted by molar-refractivity contribution is 5.95. The van der Waals surface area contributed by atoms with Crippen molar-refractivity contribution in [3.8, 4) is 6.07 Å². The van der Waals surface area contributed by atoms with Gasteiger partial charge >= 0.3 is 6.18 Å². The van der Waals surface area contributed by atoms with Crippen molar-refractivity contribution in [3.63, 3.8) is 0 Å². The Labute approximate surface area is 190 Å². The average molecular weight is 464 g/mol. The van der Waals surface area contributed by atoms with Gasteiger partial charge in [0.25, 0.3) is 5.91 Å². The van der Waals surface area contributed by atoms with Gasteiger partial charge in [-0.3, -0.25) is 9.59 Å². The molecule has 1 heterocycles. The number of nitrogens with zero attached hydrogens (tertiary/aromatic N) is 3. The predicted octanol–water partition coefficient (Wildman–Crippen LogP) is 3.72. The van der Waals surface area contributed by atoms with Gasteiger partial charge in [-0.15, -0.1) is 0 Å². The summed E-state index contributed by atoms with van der Waals surface area (Å²) < 4.78 is 42.3. The van der Waals surface area contributed by atoms with E-state index in [-0.39, 0.29) is 30.2 Å². The number of primary amides is 1. The smallest absolute Gasteiger partial charge is 0.369 e. The molecule has 4 bridgehead atoms. The Bertz CT molecular complexity index is 1020. The van der Waals surface area contributed by atoms with Crippen molar-refractivity contribution in [2.24, 2.45) is 34.3 Å². The second-order valence-electron chi connectivity index (χ2n) is 10.6. The molecule has 0 spiro atoms. The van der Waals surface area contributed by atoms with Gasteiger partial charge in [0, 0.05) is 24.1 Å². The van der Waals surface area contributed by atoms with Gasteiger partial charge in [-0.25, -0.2) is 4.68 Å². The van der Waals surface area contributed by atoms with Crippen LogP contribution in [0.25, 0.3) is 6.20 Å². The third kappa shape index (κ3) is 4.25. The van der Waals surface area contributed by atoms with Gasteiger partial charge in [-0.2, -0.15) is 23.5 Å². The number of nitrogens with two attached hydrogens (primary N) is 1. The molecule has 5 rings (SSSR count). The molecule has 1 aromatic rings. The van der Waals surface area contributed by atoms with E-state index in [1.54, 1.807) is 13.8 Å². The molecular weight excluding hydrogens is 435 g/mol. The van der Waals surface area contributed by atoms with Crippen LogP contribution in [0.5, 0.6) is 0 Å². The molecule has 4 aliphatic rings. The lowest BCUT2D eigenvalue weighted by Crippen LogP contribution is -2.62. The van der Waals surface area contributed by atoms with Crippen molar-refractivity contribution in [1.29, 1.82) is 5.26 Å². The lowest BCUT2D eigenvalue weighted by atomic mass is 9.47. The summed E-state index contributed by atoms with van der Waals surface area (Å²) in [5.74, 6) is -0.687. The maximum absolute atomic E-state index is 13.9. The second kappa shape index (κ2) is 7.89. The average Bonchev–Trinajstić information content (AvgIpc) is 3.13. The Morgan fingerprint density at radius 2 is 1.94 bits per heavy atom. The molecule has 4 saturated carbocycles. The number of carbonyl (C=O) groups is 2. The van der Waals surface area contributed by atoms with E-state index in [1.165, 1.54) is 6.08 Å². The van der Waals surface area contributed by atoms with Crippen LogP contribution < -0.4 is 11.1 Å². The largest absolute Gasteiger partial charge is 0.434 e. The van der Waals surface area contributed by atoms with E-state index in [2.05, 4.69) is 10.4 Å². The molecule has 2 amide bonds. The number of nitrogens with one attached hydrogen (secondary N) is 1. The zero-order chi connectivity index (χ0) is 24.2. The van der Waals surface area contributed by atoms with Crippen molar-refractivity contribution in [1.82, 2.24) is 15.1 Å². The Kier molecular flexibility index (Phi) is 5.58. The number of carbonyl (C=O) groups excluding carboxylic acids is 2. The molecule has 0 aromatic carbocycles. The molecule has 33 heavy (non-hydrogen) atoms. The first-order chi connectivity index (χ1) is 15.3. The summed E-state index contributed by atoms with van der Waals surface area (Å²) in [4.78, 5) is 25.1. The first-order valence-corrected chi connectivity index (χ1v) is 11.2. The Morgan fingerprint density at radius 3 is 2.48 bits per heavy atom. The van der Waals surface area contributed by atoms with Gasteiger partial charge in [0.15, 0.2) is 5.69 Å². The number of halogens is 3. The van der Waals surface area contributed by atoms with Gasteiger partial charge in [-0.05, 0) is 55.3 Å². The van der Waals surface area contributed by atoms with Crippen LogP contribution in [0.1, 0.15) is 68.4 Å². The van der Waals surface area contributed by atoms with Crippen molar-refractivity contribution in [2.75, 3.05) is 0 Å². The summed E-state index contributed by atoms with van der Waals surface area (Å²) in [5, 5.41) is 15.5. The summed E-state index contributed by atoms with van der Waals surface area (Å²) in [6.07, 6.45) is 2.49. The van der Waals surface area contributed by atoms with Crippen molar-refractivity contribution >= 4 is 18.0 Å². The Hall–Kier alpha value is -2.83. The van der Waals surface area contributed by atoms with Gasteiger partial charge in [0.1, 0.15) is 0 Å². The van der Waals surface area contributed by atoms with E-state index in [1.807, 2.05) is 6.07 Å². The lowest BCUT2D eigenvalue weighted by Gasteiger charge is -2.58. The topological polar surface area (TPSA) is 114 Å². The predicted molar refractivity (Wildman–Crippen MR) is 113 cm³/mol. The number of hydrogen-bond donors (Lipinski definition) is 2. The van der Waals surface area contributed by atoms with Crippen LogP contribution in [0.2, 0.25) is 0 Å².